The summed E-state index contributed by atoms with van der Waals surface area (Å²) in [5.74, 6) is -7.64. The second kappa shape index (κ2) is 5.00. The van der Waals surface area contributed by atoms with Crippen LogP contribution in [0, 0.1) is 0 Å². The Morgan fingerprint density at radius 1 is 1.33 bits per heavy atom. The zero-order valence-corrected chi connectivity index (χ0v) is 8.81. The highest BCUT2D eigenvalue weighted by atomic mass is 32.2. The molecule has 1 N–H and O–H groups in total. The highest BCUT2D eigenvalue weighted by Gasteiger charge is 2.63. The van der Waals surface area contributed by atoms with Gasteiger partial charge in [-0.05, 0) is 6.26 Å². The van der Waals surface area contributed by atoms with Crippen LogP contribution < -0.4 is 5.32 Å². The first-order valence-electron chi connectivity index (χ1n) is 3.88. The maximum Gasteiger partial charge on any atom is 0.463 e. The van der Waals surface area contributed by atoms with Crippen LogP contribution in [0.2, 0.25) is 0 Å². The van der Waals surface area contributed by atoms with Crippen LogP contribution in [0.15, 0.2) is 0 Å². The molecule has 0 aliphatic heterocycles. The Labute approximate surface area is 87.6 Å². The van der Waals surface area contributed by atoms with Crippen LogP contribution in [-0.2, 0) is 4.79 Å². The van der Waals surface area contributed by atoms with E-state index in [1.165, 1.54) is 11.8 Å². The number of halogens is 5. The number of amides is 1. The van der Waals surface area contributed by atoms with Gasteiger partial charge >= 0.3 is 12.1 Å². The van der Waals surface area contributed by atoms with Crippen LogP contribution in [0.1, 0.15) is 6.92 Å². The summed E-state index contributed by atoms with van der Waals surface area (Å²) in [5, 5.41) is 1.33. The number of hydrogen-bond donors (Lipinski definition) is 1. The molecule has 15 heavy (non-hydrogen) atoms. The second-order valence-electron chi connectivity index (χ2n) is 2.83. The number of carbonyl (C=O) groups excluding carboxylic acids is 1. The molecule has 1 unspecified atom stereocenters. The van der Waals surface area contributed by atoms with Crippen LogP contribution in [0.4, 0.5) is 22.0 Å². The standard InChI is InChI=1S/C7H10F5NOS/c1-4(15-2)3-13-5(14)6(8,9)7(10,11)12/h4H,3H2,1-2H3,(H,13,14). The summed E-state index contributed by atoms with van der Waals surface area (Å²) >= 11 is 1.24. The third-order valence-electron chi connectivity index (χ3n) is 1.59. The van der Waals surface area contributed by atoms with Gasteiger partial charge in [0.25, 0.3) is 5.91 Å². The summed E-state index contributed by atoms with van der Waals surface area (Å²) in [6.45, 7) is 1.36. The van der Waals surface area contributed by atoms with Gasteiger partial charge in [0.2, 0.25) is 0 Å². The highest BCUT2D eigenvalue weighted by Crippen LogP contribution is 2.35. The van der Waals surface area contributed by atoms with Gasteiger partial charge in [0.15, 0.2) is 0 Å². The van der Waals surface area contributed by atoms with Gasteiger partial charge in [0.05, 0.1) is 0 Å². The highest BCUT2D eigenvalue weighted by molar-refractivity contribution is 7.99. The first-order chi connectivity index (χ1) is 6.63. The molecule has 0 fully saturated rings. The van der Waals surface area contributed by atoms with Gasteiger partial charge in [0.1, 0.15) is 0 Å². The van der Waals surface area contributed by atoms with E-state index in [-0.39, 0.29) is 11.8 Å². The molecular weight excluding hydrogens is 241 g/mol. The number of hydrogen-bond acceptors (Lipinski definition) is 2. The molecule has 0 saturated heterocycles. The van der Waals surface area contributed by atoms with E-state index in [2.05, 4.69) is 0 Å². The Balaban J connectivity index is 4.33. The summed E-state index contributed by atoms with van der Waals surface area (Å²) in [7, 11) is 0. The van der Waals surface area contributed by atoms with Crippen molar-refractivity contribution in [2.24, 2.45) is 0 Å². The predicted molar refractivity (Wildman–Crippen MR) is 47.0 cm³/mol. The summed E-state index contributed by atoms with van der Waals surface area (Å²) < 4.78 is 59.7. The molecule has 1 amide bonds. The predicted octanol–water partition coefficient (Wildman–Crippen LogP) is 2.05. The zero-order valence-electron chi connectivity index (χ0n) is 7.99. The van der Waals surface area contributed by atoms with Crippen LogP contribution in [0.25, 0.3) is 0 Å². The van der Waals surface area contributed by atoms with Crippen molar-refractivity contribution in [2.45, 2.75) is 24.3 Å². The van der Waals surface area contributed by atoms with Crippen molar-refractivity contribution in [1.82, 2.24) is 5.32 Å². The summed E-state index contributed by atoms with van der Waals surface area (Å²) in [6, 6.07) is 0. The second-order valence-corrected chi connectivity index (χ2v) is 4.10. The third-order valence-corrected chi connectivity index (χ3v) is 2.57. The van der Waals surface area contributed by atoms with Crippen molar-refractivity contribution in [1.29, 1.82) is 0 Å². The lowest BCUT2D eigenvalue weighted by Gasteiger charge is -2.19. The maximum atomic E-state index is 12.3. The molecule has 0 aliphatic carbocycles. The summed E-state index contributed by atoms with van der Waals surface area (Å²) in [5.41, 5.74) is 0. The lowest BCUT2D eigenvalue weighted by Crippen LogP contribution is -2.51. The van der Waals surface area contributed by atoms with Gasteiger partial charge in [-0.2, -0.15) is 33.7 Å². The van der Waals surface area contributed by atoms with E-state index in [1.54, 1.807) is 18.5 Å². The largest absolute Gasteiger partial charge is 0.463 e. The van der Waals surface area contributed by atoms with Gasteiger partial charge in [-0.25, -0.2) is 0 Å². The van der Waals surface area contributed by atoms with Gasteiger partial charge in [0, 0.05) is 11.8 Å². The van der Waals surface area contributed by atoms with Gasteiger partial charge in [-0.15, -0.1) is 0 Å². The molecule has 1 atom stereocenters. The van der Waals surface area contributed by atoms with Gasteiger partial charge in [-0.3, -0.25) is 4.79 Å². The Bertz CT molecular complexity index is 230. The van der Waals surface area contributed by atoms with Crippen LogP contribution in [0.3, 0.4) is 0 Å². The topological polar surface area (TPSA) is 29.1 Å². The smallest absolute Gasteiger partial charge is 0.349 e. The summed E-state index contributed by atoms with van der Waals surface area (Å²) in [4.78, 5) is 10.5. The lowest BCUT2D eigenvalue weighted by molar-refractivity contribution is -0.269. The van der Waals surface area contributed by atoms with Crippen molar-refractivity contribution in [3.63, 3.8) is 0 Å². The normalized spacial score (nSPS) is 14.9. The Kier molecular flexibility index (Phi) is 4.82. The van der Waals surface area contributed by atoms with Crippen LogP contribution in [0.5, 0.6) is 0 Å². The average Bonchev–Trinajstić information content (AvgIpc) is 2.11. The lowest BCUT2D eigenvalue weighted by atomic mass is 10.3. The molecular formula is C7H10F5NOS. The van der Waals surface area contributed by atoms with E-state index in [1.807, 2.05) is 0 Å². The van der Waals surface area contributed by atoms with E-state index in [0.29, 0.717) is 0 Å². The summed E-state index contributed by atoms with van der Waals surface area (Å²) in [6.07, 6.45) is -4.20. The number of rotatable bonds is 4. The van der Waals surface area contributed by atoms with Crippen molar-refractivity contribution in [3.8, 4) is 0 Å². The molecule has 8 heteroatoms. The van der Waals surface area contributed by atoms with Gasteiger partial charge < -0.3 is 5.32 Å². The third kappa shape index (κ3) is 3.84. The number of alkyl halides is 5. The molecule has 0 saturated carbocycles. The first-order valence-corrected chi connectivity index (χ1v) is 5.17. The van der Waals surface area contributed by atoms with Crippen molar-refractivity contribution in [3.05, 3.63) is 0 Å². The van der Waals surface area contributed by atoms with Gasteiger partial charge in [-0.1, -0.05) is 6.92 Å². The van der Waals surface area contributed by atoms with Crippen molar-refractivity contribution >= 4 is 17.7 Å². The molecule has 0 aromatic heterocycles. The maximum absolute atomic E-state index is 12.3. The minimum atomic E-state index is -5.85. The molecule has 0 aromatic carbocycles. The van der Waals surface area contributed by atoms with Crippen LogP contribution >= 0.6 is 11.8 Å². The Morgan fingerprint density at radius 3 is 2.13 bits per heavy atom. The van der Waals surface area contributed by atoms with Crippen molar-refractivity contribution < 1.29 is 26.7 Å². The fourth-order valence-electron chi connectivity index (χ4n) is 0.560. The van der Waals surface area contributed by atoms with E-state index in [9.17, 15) is 26.7 Å². The molecule has 0 aliphatic rings. The fourth-order valence-corrected chi connectivity index (χ4v) is 0.810. The molecule has 0 aromatic rings. The van der Waals surface area contributed by atoms with E-state index < -0.39 is 18.0 Å². The minimum Gasteiger partial charge on any atom is -0.349 e. The first kappa shape index (κ1) is 14.5. The number of thioether (sulfide) groups is 1. The molecule has 0 bridgehead atoms. The molecule has 0 rings (SSSR count). The Hall–Kier alpha value is -0.530. The Morgan fingerprint density at radius 2 is 1.80 bits per heavy atom. The fraction of sp³-hybridized carbons (Fsp3) is 0.857. The molecule has 2 nitrogen and oxygen atoms in total. The molecule has 0 heterocycles. The molecule has 0 spiro atoms. The minimum absolute atomic E-state index is 0.224. The number of nitrogens with one attached hydrogen (secondary N) is 1. The molecule has 90 valence electrons. The quantitative estimate of drug-likeness (QED) is 0.775. The van der Waals surface area contributed by atoms with Crippen molar-refractivity contribution in [2.75, 3.05) is 12.8 Å². The van der Waals surface area contributed by atoms with Crippen LogP contribution in [-0.4, -0.2) is 36.1 Å². The van der Waals surface area contributed by atoms with E-state index >= 15 is 0 Å². The zero-order chi connectivity index (χ0) is 12.3. The van der Waals surface area contributed by atoms with E-state index in [0.717, 1.165) is 0 Å². The number of carbonyl (C=O) groups is 1. The average molecular weight is 251 g/mol. The molecule has 0 radical (unpaired) electrons. The SMILES string of the molecule is CSC(C)CNC(=O)C(F)(F)C(F)(F)F. The van der Waals surface area contributed by atoms with E-state index in [4.69, 9.17) is 0 Å². The monoisotopic (exact) mass is 251 g/mol.